The van der Waals surface area contributed by atoms with E-state index < -0.39 is 21.4 Å². The molecular weight excluding hydrogens is 574 g/mol. The van der Waals surface area contributed by atoms with E-state index in [0.717, 1.165) is 24.1 Å². The number of carbonyl (C=O) groups excluding carboxylic acids is 3. The Bertz CT molecular complexity index is 1410. The number of aryl methyl sites for hydroxylation is 1. The van der Waals surface area contributed by atoms with Crippen LogP contribution in [0.3, 0.4) is 0 Å². The number of esters is 1. The van der Waals surface area contributed by atoms with Gasteiger partial charge in [0.2, 0.25) is 15.9 Å². The monoisotopic (exact) mass is 617 g/mol. The Morgan fingerprint density at radius 2 is 1.74 bits per heavy atom. The molecule has 2 aliphatic rings. The van der Waals surface area contributed by atoms with E-state index in [4.69, 9.17) is 14.6 Å². The van der Waals surface area contributed by atoms with Crippen molar-refractivity contribution >= 4 is 27.8 Å². The first-order valence-corrected chi connectivity index (χ1v) is 16.3. The molecule has 1 aromatic carbocycles. The molecule has 2 aliphatic heterocycles. The van der Waals surface area contributed by atoms with Gasteiger partial charge in [-0.25, -0.2) is 13.2 Å². The van der Waals surface area contributed by atoms with Crippen molar-refractivity contribution in [3.63, 3.8) is 0 Å². The summed E-state index contributed by atoms with van der Waals surface area (Å²) >= 11 is 0. The van der Waals surface area contributed by atoms with Crippen molar-refractivity contribution in [2.45, 2.75) is 64.8 Å². The molecule has 0 atom stereocenters. The van der Waals surface area contributed by atoms with Crippen molar-refractivity contribution in [2.24, 2.45) is 5.41 Å². The van der Waals surface area contributed by atoms with E-state index in [2.05, 4.69) is 5.32 Å². The standard InChI is InChI=1S/C30H43N5O7S/c1-5-35-27-25(8-6-18-41-19-7-13-31-28(27)37)26(32-35)20-30(3,4)21-42-29(38)23-9-11-24(12-10-23)43(39,40)34-16-14-33(15-17-34)22(2)36/h9-12H,5-8,13-21H2,1-4H3,(H,31,37). The third-order valence-corrected chi connectivity index (χ3v) is 9.68. The molecule has 0 spiro atoms. The second-order valence-corrected chi connectivity index (χ2v) is 13.7. The van der Waals surface area contributed by atoms with Gasteiger partial charge >= 0.3 is 5.97 Å². The molecule has 0 unspecified atom stereocenters. The Morgan fingerprint density at radius 1 is 1.07 bits per heavy atom. The lowest BCUT2D eigenvalue weighted by Crippen LogP contribution is -2.49. The SMILES string of the molecule is CCn1nc(CC(C)(C)COC(=O)c2ccc(S(=O)(=O)N3CCN(C(C)=O)CC3)cc2)c2c1C(=O)NCCCOCCC2. The largest absolute Gasteiger partial charge is 0.462 e. The number of fused-ring (bicyclic) bond motifs is 1. The predicted octanol–water partition coefficient (Wildman–Crippen LogP) is 2.26. The second kappa shape index (κ2) is 14.0. The number of rotatable bonds is 8. The quantitative estimate of drug-likeness (QED) is 0.445. The highest BCUT2D eigenvalue weighted by Gasteiger charge is 2.31. The van der Waals surface area contributed by atoms with Crippen molar-refractivity contribution in [2.75, 3.05) is 52.5 Å². The highest BCUT2D eigenvalue weighted by atomic mass is 32.2. The summed E-state index contributed by atoms with van der Waals surface area (Å²) < 4.78 is 40.6. The molecule has 0 radical (unpaired) electrons. The maximum atomic E-state index is 13.1. The molecule has 43 heavy (non-hydrogen) atoms. The van der Waals surface area contributed by atoms with Crippen LogP contribution in [-0.4, -0.2) is 97.7 Å². The fourth-order valence-electron chi connectivity index (χ4n) is 5.35. The van der Waals surface area contributed by atoms with E-state index in [0.29, 0.717) is 57.9 Å². The normalized spacial score (nSPS) is 17.5. The average Bonchev–Trinajstić information content (AvgIpc) is 3.31. The molecule has 1 saturated heterocycles. The van der Waals surface area contributed by atoms with Crippen LogP contribution in [-0.2, 0) is 43.7 Å². The smallest absolute Gasteiger partial charge is 0.338 e. The molecule has 3 heterocycles. The Labute approximate surface area is 253 Å². The minimum atomic E-state index is -3.75. The summed E-state index contributed by atoms with van der Waals surface area (Å²) in [7, 11) is -3.75. The van der Waals surface area contributed by atoms with Gasteiger partial charge in [0.05, 0.1) is 22.8 Å². The first-order chi connectivity index (χ1) is 20.4. The van der Waals surface area contributed by atoms with Crippen molar-refractivity contribution < 1.29 is 32.3 Å². The molecule has 1 aromatic heterocycles. The Kier molecular flexibility index (Phi) is 10.6. The summed E-state index contributed by atoms with van der Waals surface area (Å²) in [5.74, 6) is -0.764. The predicted molar refractivity (Wildman–Crippen MR) is 159 cm³/mol. The Hall–Kier alpha value is -3.29. The van der Waals surface area contributed by atoms with Crippen molar-refractivity contribution in [1.82, 2.24) is 24.3 Å². The van der Waals surface area contributed by atoms with Crippen LogP contribution in [0.1, 0.15) is 72.6 Å². The zero-order chi connectivity index (χ0) is 31.2. The second-order valence-electron chi connectivity index (χ2n) is 11.8. The lowest BCUT2D eigenvalue weighted by molar-refractivity contribution is -0.129. The number of piperazine rings is 1. The van der Waals surface area contributed by atoms with E-state index in [1.807, 2.05) is 20.8 Å². The molecule has 0 saturated carbocycles. The maximum absolute atomic E-state index is 13.1. The van der Waals surface area contributed by atoms with Gasteiger partial charge in [-0.2, -0.15) is 9.40 Å². The molecule has 12 nitrogen and oxygen atoms in total. The summed E-state index contributed by atoms with van der Waals surface area (Å²) in [5, 5.41) is 7.76. The number of amides is 2. The van der Waals surface area contributed by atoms with Gasteiger partial charge in [-0.1, -0.05) is 13.8 Å². The van der Waals surface area contributed by atoms with Gasteiger partial charge in [-0.05, 0) is 50.5 Å². The summed E-state index contributed by atoms with van der Waals surface area (Å²) in [4.78, 5) is 39.2. The van der Waals surface area contributed by atoms with Gasteiger partial charge in [0.25, 0.3) is 5.91 Å². The highest BCUT2D eigenvalue weighted by molar-refractivity contribution is 7.89. The van der Waals surface area contributed by atoms with E-state index in [1.54, 1.807) is 9.58 Å². The number of nitrogens with one attached hydrogen (secondary N) is 1. The van der Waals surface area contributed by atoms with Gasteiger partial charge in [0.15, 0.2) is 0 Å². The molecule has 2 amide bonds. The van der Waals surface area contributed by atoms with Crippen LogP contribution in [0.2, 0.25) is 0 Å². The lowest BCUT2D eigenvalue weighted by Gasteiger charge is -2.33. The maximum Gasteiger partial charge on any atom is 0.338 e. The molecule has 0 aliphatic carbocycles. The topological polar surface area (TPSA) is 140 Å². The lowest BCUT2D eigenvalue weighted by atomic mass is 9.86. The van der Waals surface area contributed by atoms with Crippen molar-refractivity contribution in [1.29, 1.82) is 0 Å². The van der Waals surface area contributed by atoms with Gasteiger partial charge in [0, 0.05) is 76.8 Å². The molecule has 13 heteroatoms. The Morgan fingerprint density at radius 3 is 2.40 bits per heavy atom. The number of aromatic nitrogens is 2. The number of benzene rings is 1. The van der Waals surface area contributed by atoms with Crippen LogP contribution in [0.25, 0.3) is 0 Å². The zero-order valence-electron chi connectivity index (χ0n) is 25.6. The van der Waals surface area contributed by atoms with Crippen molar-refractivity contribution in [3.05, 3.63) is 46.8 Å². The number of ether oxygens (including phenoxy) is 2. The summed E-state index contributed by atoms with van der Waals surface area (Å²) in [6.07, 6.45) is 2.69. The minimum Gasteiger partial charge on any atom is -0.462 e. The van der Waals surface area contributed by atoms with Gasteiger partial charge in [-0.3, -0.25) is 14.3 Å². The van der Waals surface area contributed by atoms with Crippen LogP contribution in [0.5, 0.6) is 0 Å². The first kappa shape index (κ1) is 32.6. The third kappa shape index (κ3) is 8.01. The fraction of sp³-hybridized carbons (Fsp3) is 0.600. The highest BCUT2D eigenvalue weighted by Crippen LogP contribution is 2.28. The summed E-state index contributed by atoms with van der Waals surface area (Å²) in [6.45, 7) is 10.9. The number of sulfonamides is 1. The third-order valence-electron chi connectivity index (χ3n) is 7.77. The summed E-state index contributed by atoms with van der Waals surface area (Å²) in [5.41, 5.74) is 2.06. The molecule has 2 aromatic rings. The molecule has 1 fully saturated rings. The Balaban J connectivity index is 1.40. The van der Waals surface area contributed by atoms with Crippen LogP contribution in [0, 0.1) is 5.41 Å². The van der Waals surface area contributed by atoms with Crippen LogP contribution in [0.4, 0.5) is 0 Å². The molecular formula is C30H43N5O7S. The minimum absolute atomic E-state index is 0.0763. The van der Waals surface area contributed by atoms with Crippen molar-refractivity contribution in [3.8, 4) is 0 Å². The number of hydrogen-bond donors (Lipinski definition) is 1. The van der Waals surface area contributed by atoms with E-state index in [9.17, 15) is 22.8 Å². The summed E-state index contributed by atoms with van der Waals surface area (Å²) in [6, 6.07) is 5.72. The van der Waals surface area contributed by atoms with Crippen LogP contribution < -0.4 is 5.32 Å². The van der Waals surface area contributed by atoms with E-state index in [-0.39, 0.29) is 42.0 Å². The van der Waals surface area contributed by atoms with E-state index >= 15 is 0 Å². The fourth-order valence-corrected chi connectivity index (χ4v) is 6.78. The first-order valence-electron chi connectivity index (χ1n) is 14.9. The molecule has 4 rings (SSSR count). The van der Waals surface area contributed by atoms with E-state index in [1.165, 1.54) is 35.5 Å². The number of hydrogen-bond acceptors (Lipinski definition) is 8. The number of carbonyl (C=O) groups is 3. The molecule has 0 bridgehead atoms. The van der Waals surface area contributed by atoms with Crippen LogP contribution in [0.15, 0.2) is 29.2 Å². The van der Waals surface area contributed by atoms with Gasteiger partial charge < -0.3 is 19.7 Å². The van der Waals surface area contributed by atoms with Gasteiger partial charge in [0.1, 0.15) is 5.69 Å². The van der Waals surface area contributed by atoms with Gasteiger partial charge in [-0.15, -0.1) is 0 Å². The molecule has 1 N–H and O–H groups in total. The average molecular weight is 618 g/mol. The molecule has 236 valence electrons. The zero-order valence-corrected chi connectivity index (χ0v) is 26.4. The number of nitrogens with zero attached hydrogens (tertiary/aromatic N) is 4. The van der Waals surface area contributed by atoms with Crippen LogP contribution >= 0.6 is 0 Å².